The molecule has 3 aromatic rings. The van der Waals surface area contributed by atoms with E-state index < -0.39 is 22.1 Å². The zero-order valence-electron chi connectivity index (χ0n) is 18.8. The van der Waals surface area contributed by atoms with Crippen LogP contribution in [0.25, 0.3) is 11.1 Å². The fraction of sp³-hybridized carbons (Fsp3) is 0.250. The van der Waals surface area contributed by atoms with E-state index in [0.29, 0.717) is 0 Å². The Morgan fingerprint density at radius 3 is 2.15 bits per heavy atom. The number of carboxylic acids is 1. The number of nitrogens with one attached hydrogen (secondary N) is 1. The van der Waals surface area contributed by atoms with Gasteiger partial charge in [-0.1, -0.05) is 48.5 Å². The summed E-state index contributed by atoms with van der Waals surface area (Å²) in [6.45, 7) is 0.284. The summed E-state index contributed by atoms with van der Waals surface area (Å²) >= 11 is 0. The third-order valence-electron chi connectivity index (χ3n) is 5.99. The Morgan fingerprint density at radius 2 is 1.59 bits per heavy atom. The van der Waals surface area contributed by atoms with Gasteiger partial charge in [0, 0.05) is 39.3 Å². The van der Waals surface area contributed by atoms with Crippen LogP contribution in [-0.4, -0.2) is 73.6 Å². The fourth-order valence-electron chi connectivity index (χ4n) is 4.03. The van der Waals surface area contributed by atoms with Gasteiger partial charge in [-0.3, -0.25) is 0 Å². The quantitative estimate of drug-likeness (QED) is 0.508. The number of ether oxygens (including phenoxy) is 1. The number of fused-ring (bicyclic) bond motifs is 3. The summed E-state index contributed by atoms with van der Waals surface area (Å²) in [5.74, 6) is -1.32. The molecule has 2 N–H and O–H groups in total. The molecule has 1 aliphatic rings. The van der Waals surface area contributed by atoms with E-state index in [2.05, 4.69) is 17.1 Å². The first-order chi connectivity index (χ1) is 16.2. The summed E-state index contributed by atoms with van der Waals surface area (Å²) in [6.07, 6.45) is 0.576. The molecule has 0 aliphatic heterocycles. The number of likely N-dealkylation sites (N-methyl/N-ethyl adjacent to an activating group) is 2. The molecule has 0 saturated carbocycles. The van der Waals surface area contributed by atoms with Crippen LogP contribution >= 0.6 is 0 Å². The fourth-order valence-corrected chi connectivity index (χ4v) is 5.19. The predicted molar refractivity (Wildman–Crippen MR) is 125 cm³/mol. The topological polar surface area (TPSA) is 120 Å². The zero-order chi connectivity index (χ0) is 24.5. The third kappa shape index (κ3) is 4.42. The van der Waals surface area contributed by atoms with Crippen LogP contribution in [0.15, 0.2) is 65.7 Å². The maximum atomic E-state index is 12.7. The lowest BCUT2D eigenvalue weighted by Crippen LogP contribution is -2.37. The van der Waals surface area contributed by atoms with Crippen LogP contribution in [0.2, 0.25) is 0 Å². The van der Waals surface area contributed by atoms with Crippen molar-refractivity contribution in [2.24, 2.45) is 0 Å². The number of nitrogens with zero attached hydrogens (tertiary/aromatic N) is 2. The minimum atomic E-state index is -3.91. The SMILES string of the molecule is CN(CCN(C)S(=O)(=O)c1c[nH]c(C(=O)O)c1)C(=O)OCC1c2ccccc2-c2ccccc21. The molecule has 0 spiro atoms. The van der Waals surface area contributed by atoms with Crippen LogP contribution in [0, 0.1) is 0 Å². The van der Waals surface area contributed by atoms with E-state index in [1.807, 2.05) is 36.4 Å². The van der Waals surface area contributed by atoms with E-state index in [4.69, 9.17) is 9.84 Å². The largest absolute Gasteiger partial charge is 0.477 e. The first-order valence-corrected chi connectivity index (χ1v) is 12.1. The van der Waals surface area contributed by atoms with Gasteiger partial charge in [0.2, 0.25) is 10.0 Å². The van der Waals surface area contributed by atoms with Gasteiger partial charge in [0.1, 0.15) is 17.2 Å². The molecule has 2 aromatic carbocycles. The van der Waals surface area contributed by atoms with E-state index in [9.17, 15) is 18.0 Å². The number of carboxylic acid groups (broad SMARTS) is 1. The molecule has 178 valence electrons. The molecule has 0 unspecified atom stereocenters. The highest BCUT2D eigenvalue weighted by Gasteiger charge is 2.30. The number of aromatic nitrogens is 1. The molecule has 1 amide bonds. The second-order valence-electron chi connectivity index (χ2n) is 8.11. The zero-order valence-corrected chi connectivity index (χ0v) is 19.6. The van der Waals surface area contributed by atoms with Crippen molar-refractivity contribution in [2.75, 3.05) is 33.8 Å². The molecule has 4 rings (SSSR count). The number of aromatic amines is 1. The van der Waals surface area contributed by atoms with Gasteiger partial charge in [-0.2, -0.15) is 4.31 Å². The van der Waals surface area contributed by atoms with Crippen molar-refractivity contribution in [3.8, 4) is 11.1 Å². The van der Waals surface area contributed by atoms with Gasteiger partial charge in [-0.25, -0.2) is 18.0 Å². The van der Waals surface area contributed by atoms with Crippen LogP contribution < -0.4 is 0 Å². The second kappa shape index (κ2) is 9.32. The van der Waals surface area contributed by atoms with Gasteiger partial charge in [0.15, 0.2) is 0 Å². The molecule has 1 aromatic heterocycles. The van der Waals surface area contributed by atoms with Crippen LogP contribution in [0.4, 0.5) is 4.79 Å². The van der Waals surface area contributed by atoms with Gasteiger partial charge in [0.25, 0.3) is 0 Å². The molecule has 0 bridgehead atoms. The molecule has 0 atom stereocenters. The van der Waals surface area contributed by atoms with Crippen molar-refractivity contribution in [2.45, 2.75) is 10.8 Å². The van der Waals surface area contributed by atoms with Crippen LogP contribution in [-0.2, 0) is 14.8 Å². The Labute approximate surface area is 197 Å². The van der Waals surface area contributed by atoms with E-state index in [-0.39, 0.29) is 36.2 Å². The van der Waals surface area contributed by atoms with E-state index in [1.165, 1.54) is 19.0 Å². The molecular weight excluding hydrogens is 458 g/mol. The minimum Gasteiger partial charge on any atom is -0.477 e. The molecule has 34 heavy (non-hydrogen) atoms. The molecule has 0 fully saturated rings. The molecule has 10 heteroatoms. The highest BCUT2D eigenvalue weighted by molar-refractivity contribution is 7.89. The standard InChI is InChI=1S/C24H25N3O6S/c1-26(11-12-27(2)34(31,32)16-13-22(23(28)29)25-14-16)24(30)33-15-21-19-9-5-3-7-17(19)18-8-4-6-10-20(18)21/h3-10,13-14,21,25H,11-12,15H2,1-2H3,(H,28,29). The molecular formula is C24H25N3O6S. The van der Waals surface area contributed by atoms with Crippen LogP contribution in [0.5, 0.6) is 0 Å². The molecule has 0 saturated heterocycles. The maximum absolute atomic E-state index is 12.7. The molecule has 1 heterocycles. The lowest BCUT2D eigenvalue weighted by molar-refractivity contribution is 0.0691. The monoisotopic (exact) mass is 483 g/mol. The van der Waals surface area contributed by atoms with Crippen molar-refractivity contribution >= 4 is 22.1 Å². The molecule has 9 nitrogen and oxygen atoms in total. The van der Waals surface area contributed by atoms with Crippen molar-refractivity contribution in [1.29, 1.82) is 0 Å². The van der Waals surface area contributed by atoms with Crippen LogP contribution in [0.3, 0.4) is 0 Å². The number of amides is 1. The Kier molecular flexibility index (Phi) is 6.45. The Morgan fingerprint density at radius 1 is 1.00 bits per heavy atom. The van der Waals surface area contributed by atoms with E-state index in [1.54, 1.807) is 0 Å². The molecule has 1 aliphatic carbocycles. The van der Waals surface area contributed by atoms with E-state index in [0.717, 1.165) is 38.8 Å². The van der Waals surface area contributed by atoms with Crippen molar-refractivity contribution in [3.05, 3.63) is 77.6 Å². The lowest BCUT2D eigenvalue weighted by atomic mass is 9.98. The average Bonchev–Trinajstić information content (AvgIpc) is 3.45. The number of benzene rings is 2. The minimum absolute atomic E-state index is 0.0105. The summed E-state index contributed by atoms with van der Waals surface area (Å²) < 4.78 is 32.0. The number of hydrogen-bond donors (Lipinski definition) is 2. The Hall–Kier alpha value is -3.63. The van der Waals surface area contributed by atoms with Crippen molar-refractivity contribution < 1.29 is 27.9 Å². The second-order valence-corrected chi connectivity index (χ2v) is 10.2. The Bertz CT molecular complexity index is 1290. The van der Waals surface area contributed by atoms with Gasteiger partial charge in [0.05, 0.1) is 0 Å². The normalized spacial score (nSPS) is 12.9. The van der Waals surface area contributed by atoms with Crippen molar-refractivity contribution in [1.82, 2.24) is 14.2 Å². The van der Waals surface area contributed by atoms with Gasteiger partial charge >= 0.3 is 12.1 Å². The maximum Gasteiger partial charge on any atom is 0.409 e. The number of rotatable bonds is 8. The lowest BCUT2D eigenvalue weighted by Gasteiger charge is -2.22. The number of carbonyl (C=O) groups is 2. The summed E-state index contributed by atoms with van der Waals surface area (Å²) in [4.78, 5) is 27.2. The summed E-state index contributed by atoms with van der Waals surface area (Å²) in [5, 5.41) is 8.98. The van der Waals surface area contributed by atoms with Gasteiger partial charge < -0.3 is 19.7 Å². The highest BCUT2D eigenvalue weighted by atomic mass is 32.2. The number of sulfonamides is 1. The first-order valence-electron chi connectivity index (χ1n) is 10.6. The molecule has 0 radical (unpaired) electrons. The van der Waals surface area contributed by atoms with Crippen LogP contribution in [0.1, 0.15) is 27.5 Å². The summed E-state index contributed by atoms with van der Waals surface area (Å²) in [7, 11) is -0.996. The number of carbonyl (C=O) groups excluding carboxylic acids is 1. The van der Waals surface area contributed by atoms with Gasteiger partial charge in [-0.15, -0.1) is 0 Å². The first kappa shape index (κ1) is 23.5. The van der Waals surface area contributed by atoms with Gasteiger partial charge in [-0.05, 0) is 28.3 Å². The third-order valence-corrected chi connectivity index (χ3v) is 7.83. The number of H-pyrrole nitrogens is 1. The summed E-state index contributed by atoms with van der Waals surface area (Å²) in [5.41, 5.74) is 4.27. The average molecular weight is 484 g/mol. The predicted octanol–water partition coefficient (Wildman–Crippen LogP) is 3.21. The number of hydrogen-bond acceptors (Lipinski definition) is 5. The smallest absolute Gasteiger partial charge is 0.409 e. The number of aromatic carboxylic acids is 1. The van der Waals surface area contributed by atoms with E-state index >= 15 is 0 Å². The highest BCUT2D eigenvalue weighted by Crippen LogP contribution is 2.44. The van der Waals surface area contributed by atoms with Crippen molar-refractivity contribution in [3.63, 3.8) is 0 Å². The summed E-state index contributed by atoms with van der Waals surface area (Å²) in [6, 6.07) is 17.1. The Balaban J connectivity index is 1.35.